The summed E-state index contributed by atoms with van der Waals surface area (Å²) in [4.78, 5) is 8.15. The Morgan fingerprint density at radius 3 is 2.63 bits per heavy atom. The van der Waals surface area contributed by atoms with E-state index in [0.29, 0.717) is 25.2 Å². The van der Waals surface area contributed by atoms with Gasteiger partial charge in [-0.3, -0.25) is 9.80 Å². The lowest BCUT2D eigenvalue weighted by Crippen LogP contribution is -2.51. The Morgan fingerprint density at radius 2 is 2.11 bits per heavy atom. The second kappa shape index (κ2) is 7.78. The number of hydrazine groups is 1. The van der Waals surface area contributed by atoms with Gasteiger partial charge in [0.05, 0.1) is 11.9 Å². The molecule has 7 nitrogen and oxygen atoms in total. The zero-order valence-electron chi connectivity index (χ0n) is 16.4. The summed E-state index contributed by atoms with van der Waals surface area (Å²) in [6.45, 7) is 7.53. The molecule has 3 atom stereocenters. The summed E-state index contributed by atoms with van der Waals surface area (Å²) < 4.78 is 41.3. The van der Waals surface area contributed by atoms with Crippen LogP contribution in [0.25, 0.3) is 0 Å². The predicted molar refractivity (Wildman–Crippen MR) is 96.4 cm³/mol. The van der Waals surface area contributed by atoms with E-state index in [2.05, 4.69) is 27.3 Å². The number of fused-ring (bicyclic) bond motifs is 1. The van der Waals surface area contributed by atoms with Crippen molar-refractivity contribution in [1.82, 2.24) is 30.2 Å². The van der Waals surface area contributed by atoms with Crippen molar-refractivity contribution in [3.8, 4) is 0 Å². The van der Waals surface area contributed by atoms with E-state index in [1.807, 2.05) is 25.9 Å². The summed E-state index contributed by atoms with van der Waals surface area (Å²) in [5, 5.41) is 10.1. The van der Waals surface area contributed by atoms with Gasteiger partial charge in [0, 0.05) is 44.5 Å². The number of hydrogen-bond acceptors (Lipinski definition) is 6. The maximum absolute atomic E-state index is 13.3. The van der Waals surface area contributed by atoms with Gasteiger partial charge in [0.15, 0.2) is 5.82 Å². The lowest BCUT2D eigenvalue weighted by atomic mass is 10.0. The molecule has 0 bridgehead atoms. The minimum absolute atomic E-state index is 0.0102. The van der Waals surface area contributed by atoms with Crippen molar-refractivity contribution in [2.24, 2.45) is 0 Å². The Kier molecular flexibility index (Phi) is 6.25. The summed E-state index contributed by atoms with van der Waals surface area (Å²) in [5.41, 5.74) is 4.27. The van der Waals surface area contributed by atoms with Crippen LogP contribution in [-0.2, 0) is 12.1 Å². The van der Waals surface area contributed by atoms with Crippen molar-refractivity contribution in [3.63, 3.8) is 0 Å². The molecule has 1 aromatic rings. The number of aromatic nitrogens is 2. The molecular weight excluding hydrogens is 361 g/mol. The van der Waals surface area contributed by atoms with Gasteiger partial charge in [0.25, 0.3) is 0 Å². The molecule has 1 aliphatic heterocycles. The summed E-state index contributed by atoms with van der Waals surface area (Å²) in [6.07, 6.45) is -2.72. The first-order chi connectivity index (χ1) is 12.4. The van der Waals surface area contributed by atoms with Crippen LogP contribution in [0, 0.1) is 0 Å². The van der Waals surface area contributed by atoms with Crippen molar-refractivity contribution in [2.45, 2.75) is 50.8 Å². The normalized spacial score (nSPS) is 21.6. The predicted octanol–water partition coefficient (Wildman–Crippen LogP) is 1.54. The van der Waals surface area contributed by atoms with E-state index in [4.69, 9.17) is 0 Å². The number of nitrogens with zero attached hydrogens (tertiary/aromatic N) is 4. The number of aliphatic hydroxyl groups is 1. The fraction of sp³-hybridized carbons (Fsp3) is 0.706. The molecule has 0 fully saturated rings. The van der Waals surface area contributed by atoms with Gasteiger partial charge in [-0.05, 0) is 27.9 Å². The van der Waals surface area contributed by atoms with Gasteiger partial charge in [0.2, 0.25) is 5.60 Å². The highest BCUT2D eigenvalue weighted by Crippen LogP contribution is 2.40. The van der Waals surface area contributed by atoms with Gasteiger partial charge < -0.3 is 15.1 Å². The maximum Gasteiger partial charge on any atom is 0.424 e. The third-order valence-corrected chi connectivity index (χ3v) is 4.91. The monoisotopic (exact) mass is 390 g/mol. The van der Waals surface area contributed by atoms with Gasteiger partial charge in [-0.1, -0.05) is 6.58 Å². The Labute approximate surface area is 157 Å². The smallest absolute Gasteiger partial charge is 0.374 e. The zero-order chi connectivity index (χ0) is 20.6. The Hall–Kier alpha value is -1.62. The first-order valence-corrected chi connectivity index (χ1v) is 8.76. The largest absolute Gasteiger partial charge is 0.424 e. The van der Waals surface area contributed by atoms with E-state index in [1.165, 1.54) is 10.8 Å². The molecule has 2 rings (SSSR count). The highest BCUT2D eigenvalue weighted by Gasteiger charge is 2.55. The van der Waals surface area contributed by atoms with Gasteiger partial charge in [0.1, 0.15) is 0 Å². The first-order valence-electron chi connectivity index (χ1n) is 8.76. The van der Waals surface area contributed by atoms with Crippen molar-refractivity contribution < 1.29 is 18.3 Å². The average molecular weight is 390 g/mol. The quantitative estimate of drug-likeness (QED) is 0.614. The highest BCUT2D eigenvalue weighted by atomic mass is 19.4. The molecule has 0 aliphatic carbocycles. The molecule has 27 heavy (non-hydrogen) atoms. The van der Waals surface area contributed by atoms with Crippen LogP contribution in [0.3, 0.4) is 0 Å². The van der Waals surface area contributed by atoms with Crippen molar-refractivity contribution in [2.75, 3.05) is 27.7 Å². The van der Waals surface area contributed by atoms with Gasteiger partial charge in [-0.15, -0.1) is 0 Å². The molecule has 3 N–H and O–H groups in total. The number of alkyl halides is 3. The van der Waals surface area contributed by atoms with Crippen LogP contribution in [0.2, 0.25) is 0 Å². The Balaban J connectivity index is 2.30. The fourth-order valence-electron chi connectivity index (χ4n) is 3.50. The van der Waals surface area contributed by atoms with Crippen LogP contribution in [0.4, 0.5) is 13.2 Å². The van der Waals surface area contributed by atoms with Crippen molar-refractivity contribution in [1.29, 1.82) is 0 Å². The van der Waals surface area contributed by atoms with Crippen LogP contribution in [0.15, 0.2) is 18.5 Å². The van der Waals surface area contributed by atoms with Crippen LogP contribution < -0.4 is 10.9 Å². The maximum atomic E-state index is 13.3. The summed E-state index contributed by atoms with van der Waals surface area (Å²) in [5.74, 6) is -0.361. The third kappa shape index (κ3) is 4.29. The van der Waals surface area contributed by atoms with Gasteiger partial charge >= 0.3 is 6.18 Å². The molecule has 1 unspecified atom stereocenters. The van der Waals surface area contributed by atoms with Crippen molar-refractivity contribution >= 4 is 0 Å². The number of imidazole rings is 1. The number of rotatable bonds is 7. The molecule has 0 radical (unpaired) electrons. The SMILES string of the molecule is C=C(CC(N(C)C)N1Cc2cnc([C@@](C)(O)C(F)(F)F)n2[C@@H](C)C1)NNC. The first kappa shape index (κ1) is 21.7. The Bertz CT molecular complexity index is 670. The number of hydrogen-bond donors (Lipinski definition) is 3. The minimum Gasteiger partial charge on any atom is -0.374 e. The molecule has 0 spiro atoms. The molecule has 0 saturated carbocycles. The molecule has 1 aromatic heterocycles. The molecular formula is C17H29F3N6O. The summed E-state index contributed by atoms with van der Waals surface area (Å²) in [7, 11) is 5.66. The highest BCUT2D eigenvalue weighted by molar-refractivity contribution is 5.17. The molecule has 0 amide bonds. The zero-order valence-corrected chi connectivity index (χ0v) is 16.4. The topological polar surface area (TPSA) is 68.6 Å². The Morgan fingerprint density at radius 1 is 1.48 bits per heavy atom. The van der Waals surface area contributed by atoms with E-state index in [9.17, 15) is 18.3 Å². The van der Waals surface area contributed by atoms with E-state index >= 15 is 0 Å². The van der Waals surface area contributed by atoms with Crippen LogP contribution >= 0.6 is 0 Å². The van der Waals surface area contributed by atoms with Crippen LogP contribution in [-0.4, -0.2) is 64.5 Å². The molecule has 10 heteroatoms. The lowest BCUT2D eigenvalue weighted by molar-refractivity contribution is -0.263. The van der Waals surface area contributed by atoms with Gasteiger partial charge in [-0.25, -0.2) is 10.4 Å². The van der Waals surface area contributed by atoms with Crippen LogP contribution in [0.1, 0.15) is 37.8 Å². The van der Waals surface area contributed by atoms with E-state index in [-0.39, 0.29) is 18.0 Å². The van der Waals surface area contributed by atoms with Gasteiger partial charge in [-0.2, -0.15) is 13.2 Å². The lowest BCUT2D eigenvalue weighted by Gasteiger charge is -2.42. The minimum atomic E-state index is -4.80. The standard InChI is InChI=1S/C17H29F3N6O/c1-11(23-21-4)7-14(24(5)6)25-9-12(2)26-13(10-25)8-22-15(26)16(3,27)17(18,19)20/h8,12,14,21,23,27H,1,7,9-10H2,2-6H3/t12-,14?,16+/m0/s1. The molecule has 0 aromatic carbocycles. The second-order valence-electron chi connectivity index (χ2n) is 7.42. The summed E-state index contributed by atoms with van der Waals surface area (Å²) >= 11 is 0. The average Bonchev–Trinajstić information content (AvgIpc) is 2.96. The molecule has 1 aliphatic rings. The van der Waals surface area contributed by atoms with E-state index in [0.717, 1.165) is 12.6 Å². The summed E-state index contributed by atoms with van der Waals surface area (Å²) in [6, 6.07) is -0.270. The number of nitrogens with one attached hydrogen (secondary N) is 2. The van der Waals surface area contributed by atoms with E-state index < -0.39 is 11.8 Å². The fourth-order valence-corrected chi connectivity index (χ4v) is 3.50. The number of halogens is 3. The van der Waals surface area contributed by atoms with Crippen LogP contribution in [0.5, 0.6) is 0 Å². The third-order valence-electron chi connectivity index (χ3n) is 4.91. The molecule has 0 saturated heterocycles. The van der Waals surface area contributed by atoms with E-state index in [1.54, 1.807) is 7.05 Å². The second-order valence-corrected chi connectivity index (χ2v) is 7.42. The molecule has 154 valence electrons. The molecule has 2 heterocycles. The van der Waals surface area contributed by atoms with Crippen molar-refractivity contribution in [3.05, 3.63) is 30.0 Å².